The van der Waals surface area contributed by atoms with E-state index < -0.39 is 0 Å². The van der Waals surface area contributed by atoms with Crippen molar-refractivity contribution in [2.75, 3.05) is 0 Å². The van der Waals surface area contributed by atoms with Gasteiger partial charge in [0, 0.05) is 11.8 Å². The third kappa shape index (κ3) is 2.83. The zero-order chi connectivity index (χ0) is 10.6. The Hall–Kier alpha value is -0.330. The molecule has 0 aromatic rings. The van der Waals surface area contributed by atoms with E-state index in [1.54, 1.807) is 0 Å². The Labute approximate surface area is 88.3 Å². The molecule has 0 saturated heterocycles. The number of hydrogen-bond acceptors (Lipinski definition) is 1. The maximum atomic E-state index is 12.1. The summed E-state index contributed by atoms with van der Waals surface area (Å²) in [7, 11) is 0. The van der Waals surface area contributed by atoms with Crippen molar-refractivity contribution in [1.82, 2.24) is 0 Å². The topological polar surface area (TPSA) is 17.1 Å². The van der Waals surface area contributed by atoms with Gasteiger partial charge in [-0.2, -0.15) is 0 Å². The van der Waals surface area contributed by atoms with Crippen LogP contribution in [0.3, 0.4) is 0 Å². The molecule has 1 fully saturated rings. The van der Waals surface area contributed by atoms with Crippen LogP contribution in [0.15, 0.2) is 0 Å². The van der Waals surface area contributed by atoms with Gasteiger partial charge >= 0.3 is 0 Å². The van der Waals surface area contributed by atoms with Gasteiger partial charge in [0.2, 0.25) is 0 Å². The molecule has 1 saturated carbocycles. The Bertz CT molecular complexity index is 189. The van der Waals surface area contributed by atoms with Gasteiger partial charge in [-0.05, 0) is 18.8 Å². The minimum Gasteiger partial charge on any atom is -0.299 e. The van der Waals surface area contributed by atoms with E-state index in [1.165, 1.54) is 19.3 Å². The van der Waals surface area contributed by atoms with Crippen LogP contribution in [-0.4, -0.2) is 5.78 Å². The lowest BCUT2D eigenvalue weighted by Crippen LogP contribution is -2.31. The Morgan fingerprint density at radius 2 is 1.86 bits per heavy atom. The molecule has 1 unspecified atom stereocenters. The summed E-state index contributed by atoms with van der Waals surface area (Å²) in [4.78, 5) is 12.1. The van der Waals surface area contributed by atoms with Crippen molar-refractivity contribution in [2.24, 2.45) is 11.3 Å². The molecular weight excluding hydrogens is 172 g/mol. The molecule has 1 nitrogen and oxygen atoms in total. The molecule has 0 N–H and O–H groups in total. The van der Waals surface area contributed by atoms with E-state index in [0.29, 0.717) is 11.7 Å². The van der Waals surface area contributed by atoms with Crippen molar-refractivity contribution in [3.63, 3.8) is 0 Å². The number of carbonyl (C=O) groups is 1. The maximum Gasteiger partial charge on any atom is 0.139 e. The predicted molar refractivity (Wildman–Crippen MR) is 60.3 cm³/mol. The van der Waals surface area contributed by atoms with Crippen molar-refractivity contribution in [2.45, 2.75) is 65.7 Å². The summed E-state index contributed by atoms with van der Waals surface area (Å²) < 4.78 is 0. The number of carbonyl (C=O) groups excluding carboxylic acids is 1. The largest absolute Gasteiger partial charge is 0.299 e. The van der Waals surface area contributed by atoms with Crippen LogP contribution in [-0.2, 0) is 4.79 Å². The van der Waals surface area contributed by atoms with Gasteiger partial charge in [0.1, 0.15) is 5.78 Å². The fourth-order valence-electron chi connectivity index (χ4n) is 2.32. The molecule has 0 spiro atoms. The normalized spacial score (nSPS) is 23.1. The van der Waals surface area contributed by atoms with Gasteiger partial charge in [-0.25, -0.2) is 0 Å². The highest BCUT2D eigenvalue weighted by molar-refractivity contribution is 5.84. The molecule has 1 aliphatic rings. The summed E-state index contributed by atoms with van der Waals surface area (Å²) in [6.45, 7) is 6.53. The summed E-state index contributed by atoms with van der Waals surface area (Å²) in [6.07, 6.45) is 8.01. The molecule has 1 heteroatoms. The van der Waals surface area contributed by atoms with Crippen molar-refractivity contribution < 1.29 is 4.79 Å². The zero-order valence-electron chi connectivity index (χ0n) is 9.94. The quantitative estimate of drug-likeness (QED) is 0.665. The number of Topliss-reactive ketones (excluding diaryl/α,β-unsaturated/α-hetero) is 1. The van der Waals surface area contributed by atoms with Gasteiger partial charge < -0.3 is 0 Å². The van der Waals surface area contributed by atoms with E-state index in [2.05, 4.69) is 20.8 Å². The zero-order valence-corrected chi connectivity index (χ0v) is 9.94. The first-order valence-electron chi connectivity index (χ1n) is 6.12. The minimum absolute atomic E-state index is 0.0294. The Morgan fingerprint density at radius 3 is 2.36 bits per heavy atom. The van der Waals surface area contributed by atoms with Gasteiger partial charge in [0.05, 0.1) is 0 Å². The number of rotatable bonds is 4. The van der Waals surface area contributed by atoms with E-state index in [4.69, 9.17) is 0 Å². The lowest BCUT2D eigenvalue weighted by atomic mass is 9.71. The summed E-state index contributed by atoms with van der Waals surface area (Å²) in [6, 6.07) is 0. The number of ketones is 1. The molecule has 0 aromatic heterocycles. The Kier molecular flexibility index (Phi) is 4.15. The van der Waals surface area contributed by atoms with Crippen LogP contribution < -0.4 is 0 Å². The Morgan fingerprint density at radius 1 is 1.29 bits per heavy atom. The molecule has 0 aliphatic heterocycles. The van der Waals surface area contributed by atoms with E-state index >= 15 is 0 Å². The summed E-state index contributed by atoms with van der Waals surface area (Å²) in [5.74, 6) is 1.09. The van der Waals surface area contributed by atoms with Crippen LogP contribution in [0, 0.1) is 11.3 Å². The van der Waals surface area contributed by atoms with Gasteiger partial charge in [-0.15, -0.1) is 0 Å². The lowest BCUT2D eigenvalue weighted by Gasteiger charge is -2.32. The van der Waals surface area contributed by atoms with E-state index in [9.17, 15) is 4.79 Å². The number of hydrogen-bond donors (Lipinski definition) is 0. The molecule has 0 radical (unpaired) electrons. The molecule has 1 rings (SSSR count). The smallest absolute Gasteiger partial charge is 0.139 e. The molecule has 0 heterocycles. The van der Waals surface area contributed by atoms with Crippen LogP contribution in [0.2, 0.25) is 0 Å². The third-order valence-corrected chi connectivity index (χ3v) is 3.86. The molecule has 1 atom stereocenters. The van der Waals surface area contributed by atoms with Gasteiger partial charge in [0.15, 0.2) is 0 Å². The third-order valence-electron chi connectivity index (χ3n) is 3.86. The molecule has 1 aliphatic carbocycles. The standard InChI is InChI=1S/C13H24O/c1-4-11(2)10-12(14)13(3)8-6-5-7-9-13/h11H,4-10H2,1-3H3. The first-order chi connectivity index (χ1) is 6.58. The monoisotopic (exact) mass is 196 g/mol. The fraction of sp³-hybridized carbons (Fsp3) is 0.923. The molecule has 0 aromatic carbocycles. The highest BCUT2D eigenvalue weighted by Gasteiger charge is 2.34. The summed E-state index contributed by atoms with van der Waals surface area (Å²) >= 11 is 0. The average Bonchev–Trinajstić information content (AvgIpc) is 2.18. The van der Waals surface area contributed by atoms with Gasteiger partial charge in [0.25, 0.3) is 0 Å². The van der Waals surface area contributed by atoms with E-state index in [0.717, 1.165) is 25.7 Å². The van der Waals surface area contributed by atoms with Crippen molar-refractivity contribution in [3.8, 4) is 0 Å². The highest BCUT2D eigenvalue weighted by Crippen LogP contribution is 2.38. The van der Waals surface area contributed by atoms with Gasteiger partial charge in [-0.3, -0.25) is 4.79 Å². The lowest BCUT2D eigenvalue weighted by molar-refractivity contribution is -0.130. The Balaban J connectivity index is 2.49. The van der Waals surface area contributed by atoms with Crippen LogP contribution in [0.4, 0.5) is 0 Å². The molecule has 14 heavy (non-hydrogen) atoms. The second-order valence-electron chi connectivity index (χ2n) is 5.26. The molecule has 0 amide bonds. The second-order valence-corrected chi connectivity index (χ2v) is 5.26. The van der Waals surface area contributed by atoms with Gasteiger partial charge in [-0.1, -0.05) is 46.5 Å². The van der Waals surface area contributed by atoms with Crippen molar-refractivity contribution in [3.05, 3.63) is 0 Å². The molecule has 0 bridgehead atoms. The fourth-order valence-corrected chi connectivity index (χ4v) is 2.32. The van der Waals surface area contributed by atoms with Crippen molar-refractivity contribution >= 4 is 5.78 Å². The first-order valence-corrected chi connectivity index (χ1v) is 6.12. The van der Waals surface area contributed by atoms with Crippen LogP contribution in [0.25, 0.3) is 0 Å². The van der Waals surface area contributed by atoms with Crippen LogP contribution in [0.5, 0.6) is 0 Å². The highest BCUT2D eigenvalue weighted by atomic mass is 16.1. The minimum atomic E-state index is 0.0294. The molecular formula is C13H24O. The maximum absolute atomic E-state index is 12.1. The second kappa shape index (κ2) is 4.95. The van der Waals surface area contributed by atoms with Crippen molar-refractivity contribution in [1.29, 1.82) is 0 Å². The average molecular weight is 196 g/mol. The first kappa shape index (κ1) is 11.7. The molecule has 82 valence electrons. The summed E-state index contributed by atoms with van der Waals surface area (Å²) in [5, 5.41) is 0. The van der Waals surface area contributed by atoms with E-state index in [1.807, 2.05) is 0 Å². The van der Waals surface area contributed by atoms with Crippen LogP contribution in [0.1, 0.15) is 65.7 Å². The predicted octanol–water partition coefficient (Wildman–Crippen LogP) is 3.96. The van der Waals surface area contributed by atoms with E-state index in [-0.39, 0.29) is 5.41 Å². The summed E-state index contributed by atoms with van der Waals surface area (Å²) in [5.41, 5.74) is 0.0294. The SMILES string of the molecule is CCC(C)CC(=O)C1(C)CCCCC1. The van der Waals surface area contributed by atoms with Crippen LogP contribution >= 0.6 is 0 Å².